The molecule has 0 radical (unpaired) electrons. The zero-order chi connectivity index (χ0) is 19.2. The van der Waals surface area contributed by atoms with Gasteiger partial charge in [0.2, 0.25) is 4.77 Å². The lowest BCUT2D eigenvalue weighted by Crippen LogP contribution is -2.01. The second-order valence-corrected chi connectivity index (χ2v) is 6.64. The highest BCUT2D eigenvalue weighted by atomic mass is 35.5. The minimum Gasteiger partial charge on any atom is -0.490 e. The van der Waals surface area contributed by atoms with Crippen molar-refractivity contribution in [1.82, 2.24) is 14.9 Å². The van der Waals surface area contributed by atoms with E-state index in [-0.39, 0.29) is 0 Å². The quantitative estimate of drug-likeness (QED) is 0.424. The Morgan fingerprint density at radius 1 is 1.19 bits per heavy atom. The van der Waals surface area contributed by atoms with E-state index in [2.05, 4.69) is 15.3 Å². The van der Waals surface area contributed by atoms with E-state index < -0.39 is 0 Å². The fraction of sp³-hybridized carbons (Fsp3) is 0.167. The molecule has 0 fully saturated rings. The van der Waals surface area contributed by atoms with Gasteiger partial charge in [-0.15, -0.1) is 0 Å². The third-order valence-corrected chi connectivity index (χ3v) is 4.40. The molecular formula is C18H16Cl2N4O2S. The summed E-state index contributed by atoms with van der Waals surface area (Å²) in [5, 5.41) is 11.8. The first-order valence-corrected chi connectivity index (χ1v) is 9.23. The van der Waals surface area contributed by atoms with Crippen molar-refractivity contribution >= 4 is 41.6 Å². The van der Waals surface area contributed by atoms with Crippen molar-refractivity contribution in [2.24, 2.45) is 5.10 Å². The Kier molecular flexibility index (Phi) is 6.49. The van der Waals surface area contributed by atoms with Gasteiger partial charge in [0, 0.05) is 15.6 Å². The second kappa shape index (κ2) is 9.03. The number of hydrogen-bond acceptors (Lipinski definition) is 5. The van der Waals surface area contributed by atoms with Gasteiger partial charge in [-0.1, -0.05) is 29.3 Å². The summed E-state index contributed by atoms with van der Waals surface area (Å²) in [6.45, 7) is 2.71. The number of aromatic nitrogens is 3. The molecule has 3 aromatic rings. The highest BCUT2D eigenvalue weighted by Gasteiger charge is 2.08. The maximum atomic E-state index is 6.19. The summed E-state index contributed by atoms with van der Waals surface area (Å²) in [5.41, 5.74) is 1.67. The highest BCUT2D eigenvalue weighted by Crippen LogP contribution is 2.30. The Hall–Kier alpha value is -2.35. The molecule has 0 bridgehead atoms. The Morgan fingerprint density at radius 2 is 2.04 bits per heavy atom. The minimum atomic E-state index is 0.299. The Morgan fingerprint density at radius 3 is 2.74 bits per heavy atom. The van der Waals surface area contributed by atoms with Gasteiger partial charge in [0.05, 0.1) is 12.8 Å². The zero-order valence-corrected chi connectivity index (χ0v) is 16.7. The third-order valence-electron chi connectivity index (χ3n) is 3.53. The molecular weight excluding hydrogens is 407 g/mol. The van der Waals surface area contributed by atoms with Crippen LogP contribution in [0.4, 0.5) is 0 Å². The molecule has 2 aromatic carbocycles. The van der Waals surface area contributed by atoms with Crippen LogP contribution in [0.1, 0.15) is 18.1 Å². The summed E-state index contributed by atoms with van der Waals surface area (Å²) >= 11 is 17.2. The summed E-state index contributed by atoms with van der Waals surface area (Å²) in [4.78, 5) is 0. The number of H-pyrrole nitrogens is 1. The number of nitrogens with zero attached hydrogens (tertiary/aromatic N) is 3. The molecule has 1 heterocycles. The van der Waals surface area contributed by atoms with E-state index in [4.69, 9.17) is 44.9 Å². The molecule has 9 heteroatoms. The second-order valence-electron chi connectivity index (χ2n) is 5.41. The van der Waals surface area contributed by atoms with Crippen LogP contribution in [0.2, 0.25) is 10.0 Å². The van der Waals surface area contributed by atoms with E-state index in [1.807, 2.05) is 31.2 Å². The third kappa shape index (κ3) is 5.09. The van der Waals surface area contributed by atoms with Crippen LogP contribution in [-0.2, 0) is 6.61 Å². The number of aromatic amines is 1. The van der Waals surface area contributed by atoms with Crippen LogP contribution in [0, 0.1) is 4.77 Å². The van der Waals surface area contributed by atoms with Crippen molar-refractivity contribution in [3.05, 3.63) is 68.7 Å². The van der Waals surface area contributed by atoms with Crippen LogP contribution in [-0.4, -0.2) is 27.7 Å². The molecule has 0 saturated heterocycles. The number of rotatable bonds is 7. The first-order valence-electron chi connectivity index (χ1n) is 8.06. The van der Waals surface area contributed by atoms with E-state index in [1.165, 1.54) is 11.0 Å². The van der Waals surface area contributed by atoms with E-state index in [1.54, 1.807) is 18.3 Å². The SMILES string of the molecule is CCOc1cc(/C=N/n2cn[nH]c2=S)ccc1OCc1ccc(Cl)cc1Cl. The summed E-state index contributed by atoms with van der Waals surface area (Å²) in [7, 11) is 0. The van der Waals surface area contributed by atoms with Crippen molar-refractivity contribution < 1.29 is 9.47 Å². The van der Waals surface area contributed by atoms with Gasteiger partial charge in [-0.2, -0.15) is 14.9 Å². The fourth-order valence-electron chi connectivity index (χ4n) is 2.24. The summed E-state index contributed by atoms with van der Waals surface area (Å²) in [6.07, 6.45) is 3.16. The maximum absolute atomic E-state index is 6.19. The van der Waals surface area contributed by atoms with Crippen LogP contribution in [0.5, 0.6) is 11.5 Å². The van der Waals surface area contributed by atoms with Gasteiger partial charge in [-0.3, -0.25) is 5.10 Å². The maximum Gasteiger partial charge on any atom is 0.216 e. The molecule has 0 aliphatic heterocycles. The van der Waals surface area contributed by atoms with Gasteiger partial charge in [0.25, 0.3) is 0 Å². The van der Waals surface area contributed by atoms with Crippen molar-refractivity contribution in [1.29, 1.82) is 0 Å². The smallest absolute Gasteiger partial charge is 0.216 e. The standard InChI is InChI=1S/C18H16Cl2N4O2S/c1-2-25-17-7-12(9-22-24-11-21-23-18(24)27)3-6-16(17)26-10-13-4-5-14(19)8-15(13)20/h3-9,11H,2,10H2,1H3,(H,23,27)/b22-9+. The number of hydrogen-bond donors (Lipinski definition) is 1. The van der Waals surface area contributed by atoms with Crippen LogP contribution in [0.3, 0.4) is 0 Å². The highest BCUT2D eigenvalue weighted by molar-refractivity contribution is 7.71. The zero-order valence-electron chi connectivity index (χ0n) is 14.4. The number of halogens is 2. The van der Waals surface area contributed by atoms with Crippen LogP contribution in [0.15, 0.2) is 47.8 Å². The van der Waals surface area contributed by atoms with Gasteiger partial charge >= 0.3 is 0 Å². The molecule has 27 heavy (non-hydrogen) atoms. The van der Waals surface area contributed by atoms with Gasteiger partial charge in [-0.25, -0.2) is 0 Å². The van der Waals surface area contributed by atoms with Gasteiger partial charge in [-0.05, 0) is 55.0 Å². The van der Waals surface area contributed by atoms with Crippen LogP contribution < -0.4 is 9.47 Å². The van der Waals surface area contributed by atoms with Gasteiger partial charge < -0.3 is 9.47 Å². The lowest BCUT2D eigenvalue weighted by atomic mass is 10.2. The lowest BCUT2D eigenvalue weighted by molar-refractivity contribution is 0.269. The Labute approximate surface area is 171 Å². The molecule has 0 aliphatic carbocycles. The number of nitrogens with one attached hydrogen (secondary N) is 1. The molecule has 3 rings (SSSR count). The fourth-order valence-corrected chi connectivity index (χ4v) is 2.85. The summed E-state index contributed by atoms with van der Waals surface area (Å²) in [5.74, 6) is 1.22. The first kappa shape index (κ1) is 19.4. The predicted octanol–water partition coefficient (Wildman–Crippen LogP) is 5.11. The Balaban J connectivity index is 1.78. The van der Waals surface area contributed by atoms with E-state index in [0.29, 0.717) is 39.5 Å². The summed E-state index contributed by atoms with van der Waals surface area (Å²) < 4.78 is 13.5. The predicted molar refractivity (Wildman–Crippen MR) is 109 cm³/mol. The molecule has 1 aromatic heterocycles. The van der Waals surface area contributed by atoms with Gasteiger partial charge in [0.15, 0.2) is 11.5 Å². The van der Waals surface area contributed by atoms with Crippen molar-refractivity contribution in [2.45, 2.75) is 13.5 Å². The molecule has 0 aliphatic rings. The van der Waals surface area contributed by atoms with E-state index >= 15 is 0 Å². The van der Waals surface area contributed by atoms with Crippen LogP contribution >= 0.6 is 35.4 Å². The average Bonchev–Trinajstić information content (AvgIpc) is 3.05. The molecule has 6 nitrogen and oxygen atoms in total. The monoisotopic (exact) mass is 422 g/mol. The largest absolute Gasteiger partial charge is 0.490 e. The summed E-state index contributed by atoms with van der Waals surface area (Å²) in [6, 6.07) is 10.8. The van der Waals surface area contributed by atoms with Crippen molar-refractivity contribution in [3.63, 3.8) is 0 Å². The van der Waals surface area contributed by atoms with E-state index in [0.717, 1.165) is 11.1 Å². The normalized spacial score (nSPS) is 11.1. The molecule has 1 N–H and O–H groups in total. The molecule has 0 spiro atoms. The Bertz CT molecular complexity index is 1020. The molecule has 140 valence electrons. The lowest BCUT2D eigenvalue weighted by Gasteiger charge is -2.13. The van der Waals surface area contributed by atoms with Crippen molar-refractivity contribution in [2.75, 3.05) is 6.61 Å². The van der Waals surface area contributed by atoms with Crippen molar-refractivity contribution in [3.8, 4) is 11.5 Å². The number of benzene rings is 2. The minimum absolute atomic E-state index is 0.299. The molecule has 0 atom stereocenters. The van der Waals surface area contributed by atoms with E-state index in [9.17, 15) is 0 Å². The van der Waals surface area contributed by atoms with Gasteiger partial charge in [0.1, 0.15) is 12.9 Å². The number of ether oxygens (including phenoxy) is 2. The average molecular weight is 423 g/mol. The topological polar surface area (TPSA) is 64.4 Å². The molecule has 0 amide bonds. The van der Waals surface area contributed by atoms with Crippen LogP contribution in [0.25, 0.3) is 0 Å². The first-order chi connectivity index (χ1) is 13.1. The molecule has 0 unspecified atom stereocenters. The molecule has 0 saturated carbocycles.